The maximum absolute atomic E-state index is 11.8. The normalized spacial score (nSPS) is 9.47. The fourth-order valence-corrected chi connectivity index (χ4v) is 3.88. The average Bonchev–Trinajstić information content (AvgIpc) is 3.13. The first kappa shape index (κ1) is 36.4. The summed E-state index contributed by atoms with van der Waals surface area (Å²) in [5.41, 5.74) is 27.5. The van der Waals surface area contributed by atoms with Crippen molar-refractivity contribution in [2.75, 3.05) is 33.6 Å². The van der Waals surface area contributed by atoms with Crippen molar-refractivity contribution >= 4 is 51.9 Å². The topological polar surface area (TPSA) is 200 Å². The molecule has 0 aromatic heterocycles. The zero-order chi connectivity index (χ0) is 35.4. The van der Waals surface area contributed by atoms with Gasteiger partial charge in [-0.2, -0.15) is 0 Å². The molecule has 2 amide bonds. The first-order chi connectivity index (χ1) is 23.7. The summed E-state index contributed by atoms with van der Waals surface area (Å²) in [4.78, 5) is 33.8. The monoisotopic (exact) mass is 654 g/mol. The van der Waals surface area contributed by atoms with Gasteiger partial charge in [0.05, 0.1) is 39.7 Å². The van der Waals surface area contributed by atoms with Crippen molar-refractivity contribution in [1.82, 2.24) is 0 Å². The van der Waals surface area contributed by atoms with Crippen molar-refractivity contribution in [2.24, 2.45) is 0 Å². The Labute approximate surface area is 285 Å². The molecule has 0 unspecified atom stereocenters. The number of nitrogen functional groups attached to an aromatic ring is 4. The number of amides is 2. The van der Waals surface area contributed by atoms with Crippen LogP contribution >= 0.6 is 0 Å². The minimum absolute atomic E-state index is 0.154. The number of anilines is 6. The van der Waals surface area contributed by atoms with Gasteiger partial charge in [-0.1, -0.05) is 91.0 Å². The van der Waals surface area contributed by atoms with Crippen LogP contribution in [0, 0.1) is 0 Å². The predicted molar refractivity (Wildman–Crippen MR) is 199 cm³/mol. The summed E-state index contributed by atoms with van der Waals surface area (Å²) in [6.45, 7) is 0. The minimum Gasteiger partial charge on any atom is -0.478 e. The zero-order valence-corrected chi connectivity index (χ0v) is 26.6. The predicted octanol–water partition coefficient (Wildman–Crippen LogP) is 7.28. The molecule has 0 saturated carbocycles. The number of carboxylic acids is 1. The number of nitrogens with one attached hydrogen (secondary N) is 2. The highest BCUT2D eigenvalue weighted by Gasteiger charge is 2.07. The molecule has 0 atom stereocenters. The summed E-state index contributed by atoms with van der Waals surface area (Å²) in [6.07, 6.45) is 0. The highest BCUT2D eigenvalue weighted by Crippen LogP contribution is 2.18. The van der Waals surface area contributed by atoms with Gasteiger partial charge in [-0.3, -0.25) is 9.59 Å². The van der Waals surface area contributed by atoms with Crippen LogP contribution in [0.15, 0.2) is 164 Å². The summed E-state index contributed by atoms with van der Waals surface area (Å²) in [5.74, 6) is -1.19. The molecule has 0 heterocycles. The molecule has 6 aromatic rings. The molecular formula is C39H38N6O4. The molecule has 6 rings (SSSR count). The summed E-state index contributed by atoms with van der Waals surface area (Å²) >= 11 is 0. The fourth-order valence-electron chi connectivity index (χ4n) is 3.88. The van der Waals surface area contributed by atoms with E-state index in [2.05, 4.69) is 10.6 Å². The number of carboxylic acid groups (broad SMARTS) is 1. The lowest BCUT2D eigenvalue weighted by Gasteiger charge is -2.07. The standard InChI is InChI=1S/2C13H12N2O.C7H6O2.C6H8N2/c2*14-11-8-4-5-9-12(11)15-13(16)10-6-2-1-3-7-10;8-7(9)6-4-2-1-3-5-6;7-5-3-1-2-4-6(5)8/h2*1-9H,14H2,(H,15,16);1-5H,(H,8,9);1-4H,7-8H2. The zero-order valence-electron chi connectivity index (χ0n) is 26.6. The Morgan fingerprint density at radius 3 is 0.898 bits per heavy atom. The number of aromatic carboxylic acids is 1. The molecule has 0 spiro atoms. The third-order valence-electron chi connectivity index (χ3n) is 6.51. The van der Waals surface area contributed by atoms with Gasteiger partial charge in [0, 0.05) is 11.1 Å². The van der Waals surface area contributed by atoms with Crippen molar-refractivity contribution in [2.45, 2.75) is 0 Å². The fraction of sp³-hybridized carbons (Fsp3) is 0. The molecule has 6 aromatic carbocycles. The lowest BCUT2D eigenvalue weighted by atomic mass is 10.2. The highest BCUT2D eigenvalue weighted by molar-refractivity contribution is 6.06. The SMILES string of the molecule is Nc1ccccc1N.Nc1ccccc1NC(=O)c1ccccc1.Nc1ccccc1NC(=O)c1ccccc1.O=C(O)c1ccccc1. The number of carbonyl (C=O) groups is 3. The van der Waals surface area contributed by atoms with Gasteiger partial charge in [0.15, 0.2) is 0 Å². The van der Waals surface area contributed by atoms with Crippen molar-refractivity contribution in [3.63, 3.8) is 0 Å². The van der Waals surface area contributed by atoms with Crippen molar-refractivity contribution in [3.05, 3.63) is 180 Å². The van der Waals surface area contributed by atoms with Gasteiger partial charge >= 0.3 is 5.97 Å². The smallest absolute Gasteiger partial charge is 0.335 e. The van der Waals surface area contributed by atoms with Crippen LogP contribution in [-0.4, -0.2) is 22.9 Å². The summed E-state index contributed by atoms with van der Waals surface area (Å²) in [6, 6.07) is 48.0. The Kier molecular flexibility index (Phi) is 14.4. The van der Waals surface area contributed by atoms with Crippen LogP contribution in [0.1, 0.15) is 31.1 Å². The molecule has 248 valence electrons. The average molecular weight is 655 g/mol. The third kappa shape index (κ3) is 12.7. The van der Waals surface area contributed by atoms with Crippen LogP contribution < -0.4 is 33.6 Å². The molecule has 0 aliphatic rings. The second-order valence-corrected chi connectivity index (χ2v) is 10.1. The maximum Gasteiger partial charge on any atom is 0.335 e. The van der Waals surface area contributed by atoms with Gasteiger partial charge in [0.25, 0.3) is 11.8 Å². The largest absolute Gasteiger partial charge is 0.478 e. The van der Waals surface area contributed by atoms with E-state index in [1.54, 1.807) is 91.0 Å². The molecule has 0 aliphatic heterocycles. The third-order valence-corrected chi connectivity index (χ3v) is 6.51. The van der Waals surface area contributed by atoms with Crippen molar-refractivity contribution in [1.29, 1.82) is 0 Å². The van der Waals surface area contributed by atoms with Crippen LogP contribution in [0.2, 0.25) is 0 Å². The number of carbonyl (C=O) groups excluding carboxylic acids is 2. The highest BCUT2D eigenvalue weighted by atomic mass is 16.4. The number of nitrogens with two attached hydrogens (primary N) is 4. The van der Waals surface area contributed by atoms with E-state index in [0.29, 0.717) is 50.8 Å². The Balaban J connectivity index is 0.000000185. The van der Waals surface area contributed by atoms with E-state index >= 15 is 0 Å². The quantitative estimate of drug-likeness (QED) is 0.0940. The Bertz CT molecular complexity index is 1810. The number of hydrogen-bond acceptors (Lipinski definition) is 7. The maximum atomic E-state index is 11.8. The summed E-state index contributed by atoms with van der Waals surface area (Å²) in [7, 11) is 0. The molecule has 0 aliphatic carbocycles. The van der Waals surface area contributed by atoms with Crippen LogP contribution in [0.25, 0.3) is 0 Å². The lowest BCUT2D eigenvalue weighted by Crippen LogP contribution is -2.12. The van der Waals surface area contributed by atoms with Gasteiger partial charge in [-0.05, 0) is 72.8 Å². The molecule has 11 N–H and O–H groups in total. The van der Waals surface area contributed by atoms with Crippen LogP contribution in [0.3, 0.4) is 0 Å². The summed E-state index contributed by atoms with van der Waals surface area (Å²) < 4.78 is 0. The lowest BCUT2D eigenvalue weighted by molar-refractivity contribution is 0.0696. The molecule has 0 radical (unpaired) electrons. The molecule has 10 nitrogen and oxygen atoms in total. The van der Waals surface area contributed by atoms with Crippen molar-refractivity contribution < 1.29 is 19.5 Å². The molecule has 10 heteroatoms. The van der Waals surface area contributed by atoms with E-state index in [1.165, 1.54) is 0 Å². The first-order valence-corrected chi connectivity index (χ1v) is 15.0. The minimum atomic E-state index is -0.879. The van der Waals surface area contributed by atoms with Crippen LogP contribution in [0.5, 0.6) is 0 Å². The second kappa shape index (κ2) is 19.4. The number of para-hydroxylation sites is 6. The molecule has 0 fully saturated rings. The van der Waals surface area contributed by atoms with E-state index in [1.807, 2.05) is 72.8 Å². The Morgan fingerprint density at radius 1 is 0.367 bits per heavy atom. The molecule has 0 bridgehead atoms. The second-order valence-electron chi connectivity index (χ2n) is 10.1. The Hall–Kier alpha value is -7.07. The molecule has 49 heavy (non-hydrogen) atoms. The van der Waals surface area contributed by atoms with Gasteiger partial charge in [-0.25, -0.2) is 4.79 Å². The number of benzene rings is 6. The Morgan fingerprint density at radius 2 is 0.633 bits per heavy atom. The van der Waals surface area contributed by atoms with E-state index in [4.69, 9.17) is 28.0 Å². The molecule has 0 saturated heterocycles. The van der Waals surface area contributed by atoms with E-state index in [-0.39, 0.29) is 11.8 Å². The summed E-state index contributed by atoms with van der Waals surface area (Å²) in [5, 5.41) is 13.9. The van der Waals surface area contributed by atoms with Gasteiger partial charge in [0.2, 0.25) is 0 Å². The first-order valence-electron chi connectivity index (χ1n) is 15.0. The van der Waals surface area contributed by atoms with E-state index in [0.717, 1.165) is 0 Å². The number of hydrogen-bond donors (Lipinski definition) is 7. The molecular weight excluding hydrogens is 616 g/mol. The number of rotatable bonds is 5. The van der Waals surface area contributed by atoms with E-state index in [9.17, 15) is 14.4 Å². The van der Waals surface area contributed by atoms with Crippen LogP contribution in [0.4, 0.5) is 34.1 Å². The van der Waals surface area contributed by atoms with Gasteiger partial charge < -0.3 is 38.7 Å². The van der Waals surface area contributed by atoms with Gasteiger partial charge in [0.1, 0.15) is 0 Å². The van der Waals surface area contributed by atoms with Gasteiger partial charge in [-0.15, -0.1) is 0 Å². The van der Waals surface area contributed by atoms with Crippen LogP contribution in [-0.2, 0) is 0 Å². The van der Waals surface area contributed by atoms with Crippen molar-refractivity contribution in [3.8, 4) is 0 Å². The van der Waals surface area contributed by atoms with E-state index < -0.39 is 5.97 Å².